The van der Waals surface area contributed by atoms with Crippen LogP contribution in [0.2, 0.25) is 0 Å². The first-order chi connectivity index (χ1) is 9.25. The third kappa shape index (κ3) is 4.74. The molecule has 2 rings (SSSR count). The summed E-state index contributed by atoms with van der Waals surface area (Å²) in [6, 6.07) is 2.29. The quantitative estimate of drug-likeness (QED) is 0.813. The zero-order valence-corrected chi connectivity index (χ0v) is 11.9. The predicted octanol–water partition coefficient (Wildman–Crippen LogP) is 2.59. The Morgan fingerprint density at radius 1 is 1.42 bits per heavy atom. The van der Waals surface area contributed by atoms with Gasteiger partial charge < -0.3 is 11.1 Å². The second-order valence-electron chi connectivity index (χ2n) is 4.91. The standard InChI is InChI=1S/C14H21N3OS/c15-12-10-16-8-6-13(12)19-9-7-14(18)17-11-4-2-1-3-5-11/h6,8,10-11H,1-5,7,9,15H2,(H,17,18). The molecule has 0 spiro atoms. The van der Waals surface area contributed by atoms with Crippen molar-refractivity contribution in [2.45, 2.75) is 49.5 Å². The molecule has 0 aliphatic heterocycles. The number of aromatic nitrogens is 1. The second kappa shape index (κ2) is 7.38. The van der Waals surface area contributed by atoms with Gasteiger partial charge in [-0.05, 0) is 18.9 Å². The summed E-state index contributed by atoms with van der Waals surface area (Å²) in [5.74, 6) is 0.916. The van der Waals surface area contributed by atoms with Crippen LogP contribution in [0.3, 0.4) is 0 Å². The maximum atomic E-state index is 11.8. The van der Waals surface area contributed by atoms with E-state index in [1.807, 2.05) is 6.07 Å². The molecular weight excluding hydrogens is 258 g/mol. The summed E-state index contributed by atoms with van der Waals surface area (Å²) in [6.45, 7) is 0. The average molecular weight is 279 g/mol. The van der Waals surface area contributed by atoms with E-state index in [0.29, 0.717) is 18.2 Å². The number of pyridine rings is 1. The fourth-order valence-electron chi connectivity index (χ4n) is 2.33. The van der Waals surface area contributed by atoms with E-state index in [0.717, 1.165) is 23.5 Å². The van der Waals surface area contributed by atoms with Crippen LogP contribution in [0.1, 0.15) is 38.5 Å². The van der Waals surface area contributed by atoms with Crippen LogP contribution < -0.4 is 11.1 Å². The molecule has 1 aliphatic rings. The maximum absolute atomic E-state index is 11.8. The molecule has 3 N–H and O–H groups in total. The van der Waals surface area contributed by atoms with Crippen molar-refractivity contribution in [3.63, 3.8) is 0 Å². The Morgan fingerprint density at radius 3 is 2.95 bits per heavy atom. The van der Waals surface area contributed by atoms with Crippen molar-refractivity contribution >= 4 is 23.4 Å². The highest BCUT2D eigenvalue weighted by molar-refractivity contribution is 7.99. The Labute approximate surface area is 118 Å². The van der Waals surface area contributed by atoms with Crippen LogP contribution in [-0.2, 0) is 4.79 Å². The third-order valence-corrected chi connectivity index (χ3v) is 4.46. The number of amides is 1. The zero-order valence-electron chi connectivity index (χ0n) is 11.1. The summed E-state index contributed by atoms with van der Waals surface area (Å²) in [5, 5.41) is 3.12. The van der Waals surface area contributed by atoms with E-state index in [1.165, 1.54) is 19.3 Å². The van der Waals surface area contributed by atoms with E-state index >= 15 is 0 Å². The monoisotopic (exact) mass is 279 g/mol. The summed E-state index contributed by atoms with van der Waals surface area (Å²) in [5.41, 5.74) is 6.48. The molecule has 4 nitrogen and oxygen atoms in total. The van der Waals surface area contributed by atoms with Crippen molar-refractivity contribution in [3.05, 3.63) is 18.5 Å². The minimum atomic E-state index is 0.159. The molecule has 1 aromatic heterocycles. The van der Waals surface area contributed by atoms with Gasteiger partial charge in [0.25, 0.3) is 0 Å². The molecule has 0 unspecified atom stereocenters. The van der Waals surface area contributed by atoms with Crippen LogP contribution in [0.5, 0.6) is 0 Å². The number of thioether (sulfide) groups is 1. The smallest absolute Gasteiger partial charge is 0.221 e. The summed E-state index contributed by atoms with van der Waals surface area (Å²) < 4.78 is 0. The van der Waals surface area contributed by atoms with Gasteiger partial charge in [-0.25, -0.2) is 0 Å². The van der Waals surface area contributed by atoms with Crippen molar-refractivity contribution < 1.29 is 4.79 Å². The predicted molar refractivity (Wildman–Crippen MR) is 79.0 cm³/mol. The van der Waals surface area contributed by atoms with Crippen molar-refractivity contribution in [2.24, 2.45) is 0 Å². The number of nitrogens with zero attached hydrogens (tertiary/aromatic N) is 1. The van der Waals surface area contributed by atoms with Crippen LogP contribution in [0.25, 0.3) is 0 Å². The molecular formula is C14H21N3OS. The number of anilines is 1. The van der Waals surface area contributed by atoms with Crippen LogP contribution in [0, 0.1) is 0 Å². The van der Waals surface area contributed by atoms with Crippen LogP contribution in [0.15, 0.2) is 23.4 Å². The summed E-state index contributed by atoms with van der Waals surface area (Å²) in [7, 11) is 0. The number of carbonyl (C=O) groups excluding carboxylic acids is 1. The van der Waals surface area contributed by atoms with E-state index in [2.05, 4.69) is 10.3 Å². The van der Waals surface area contributed by atoms with Crippen molar-refractivity contribution in [3.8, 4) is 0 Å². The van der Waals surface area contributed by atoms with Gasteiger partial charge in [-0.1, -0.05) is 19.3 Å². The molecule has 0 aromatic carbocycles. The molecule has 1 amide bonds. The van der Waals surface area contributed by atoms with Gasteiger partial charge in [0.15, 0.2) is 0 Å². The van der Waals surface area contributed by atoms with Crippen molar-refractivity contribution in [1.82, 2.24) is 10.3 Å². The minimum absolute atomic E-state index is 0.159. The van der Waals surface area contributed by atoms with E-state index < -0.39 is 0 Å². The third-order valence-electron chi connectivity index (χ3n) is 3.37. The van der Waals surface area contributed by atoms with E-state index in [-0.39, 0.29) is 5.91 Å². The van der Waals surface area contributed by atoms with Gasteiger partial charge in [-0.2, -0.15) is 0 Å². The zero-order chi connectivity index (χ0) is 13.5. The van der Waals surface area contributed by atoms with Crippen LogP contribution in [-0.4, -0.2) is 22.7 Å². The number of nitrogens with one attached hydrogen (secondary N) is 1. The molecule has 1 aromatic rings. The lowest BCUT2D eigenvalue weighted by molar-refractivity contribution is -0.121. The molecule has 0 bridgehead atoms. The summed E-state index contributed by atoms with van der Waals surface area (Å²) in [6.07, 6.45) is 9.98. The molecule has 104 valence electrons. The van der Waals surface area contributed by atoms with Gasteiger partial charge in [-0.15, -0.1) is 11.8 Å². The Balaban J connectivity index is 1.67. The van der Waals surface area contributed by atoms with Gasteiger partial charge in [0.05, 0.1) is 11.9 Å². The number of carbonyl (C=O) groups is 1. The number of nitrogen functional groups attached to an aromatic ring is 1. The molecule has 1 saturated carbocycles. The summed E-state index contributed by atoms with van der Waals surface area (Å²) >= 11 is 1.61. The van der Waals surface area contributed by atoms with E-state index in [1.54, 1.807) is 24.2 Å². The largest absolute Gasteiger partial charge is 0.397 e. The molecule has 5 heteroatoms. The first kappa shape index (κ1) is 14.2. The van der Waals surface area contributed by atoms with Crippen molar-refractivity contribution in [2.75, 3.05) is 11.5 Å². The summed E-state index contributed by atoms with van der Waals surface area (Å²) in [4.78, 5) is 16.8. The fourth-order valence-corrected chi connectivity index (χ4v) is 3.21. The molecule has 1 heterocycles. The normalized spacial score (nSPS) is 16.2. The Morgan fingerprint density at radius 2 is 2.21 bits per heavy atom. The number of hydrogen-bond donors (Lipinski definition) is 2. The molecule has 1 aliphatic carbocycles. The van der Waals surface area contributed by atoms with Crippen LogP contribution in [0.4, 0.5) is 5.69 Å². The van der Waals surface area contributed by atoms with Gasteiger partial charge in [-0.3, -0.25) is 9.78 Å². The second-order valence-corrected chi connectivity index (χ2v) is 6.05. The van der Waals surface area contributed by atoms with Crippen molar-refractivity contribution in [1.29, 1.82) is 0 Å². The molecule has 0 atom stereocenters. The molecule has 0 saturated heterocycles. The van der Waals surface area contributed by atoms with Gasteiger partial charge in [0.1, 0.15) is 0 Å². The van der Waals surface area contributed by atoms with E-state index in [9.17, 15) is 4.79 Å². The SMILES string of the molecule is Nc1cnccc1SCCC(=O)NC1CCCCC1. The number of hydrogen-bond acceptors (Lipinski definition) is 4. The Hall–Kier alpha value is -1.23. The first-order valence-corrected chi connectivity index (χ1v) is 7.86. The lowest BCUT2D eigenvalue weighted by atomic mass is 9.95. The van der Waals surface area contributed by atoms with Gasteiger partial charge in [0.2, 0.25) is 5.91 Å². The lowest BCUT2D eigenvalue weighted by Gasteiger charge is -2.22. The minimum Gasteiger partial charge on any atom is -0.397 e. The molecule has 0 radical (unpaired) electrons. The Bertz CT molecular complexity index is 419. The first-order valence-electron chi connectivity index (χ1n) is 6.87. The number of nitrogens with two attached hydrogens (primary N) is 1. The highest BCUT2D eigenvalue weighted by atomic mass is 32.2. The highest BCUT2D eigenvalue weighted by Gasteiger charge is 2.15. The van der Waals surface area contributed by atoms with Crippen LogP contribution >= 0.6 is 11.8 Å². The van der Waals surface area contributed by atoms with Gasteiger partial charge >= 0.3 is 0 Å². The fraction of sp³-hybridized carbons (Fsp3) is 0.571. The maximum Gasteiger partial charge on any atom is 0.221 e. The van der Waals surface area contributed by atoms with E-state index in [4.69, 9.17) is 5.73 Å². The molecule has 1 fully saturated rings. The highest BCUT2D eigenvalue weighted by Crippen LogP contribution is 2.24. The number of rotatable bonds is 5. The molecule has 19 heavy (non-hydrogen) atoms. The lowest BCUT2D eigenvalue weighted by Crippen LogP contribution is -2.36. The Kier molecular flexibility index (Phi) is 5.51. The van der Waals surface area contributed by atoms with Gasteiger partial charge in [0, 0.05) is 29.3 Å². The topological polar surface area (TPSA) is 68.0 Å². The average Bonchev–Trinajstić information content (AvgIpc) is 2.42.